The fraction of sp³-hybridized carbons (Fsp3) is 0.286. The molecule has 9 heteroatoms. The van der Waals surface area contributed by atoms with Gasteiger partial charge >= 0.3 is 6.03 Å². The number of non-ortho nitro benzene ring substituents is 1. The second kappa shape index (κ2) is 7.94. The lowest BCUT2D eigenvalue weighted by Gasteiger charge is -2.25. The second-order valence-corrected chi connectivity index (χ2v) is 7.17. The van der Waals surface area contributed by atoms with Crippen molar-refractivity contribution >= 4 is 29.2 Å². The minimum atomic E-state index is -1.41. The van der Waals surface area contributed by atoms with E-state index in [-0.39, 0.29) is 11.6 Å². The summed E-state index contributed by atoms with van der Waals surface area (Å²) < 4.78 is 0. The highest BCUT2D eigenvalue weighted by Crippen LogP contribution is 2.30. The van der Waals surface area contributed by atoms with Gasteiger partial charge < -0.3 is 10.2 Å². The second-order valence-electron chi connectivity index (χ2n) is 7.17. The molecule has 1 heterocycles. The molecule has 0 aromatic heterocycles. The molecule has 1 aliphatic rings. The first-order chi connectivity index (χ1) is 14.2. The third-order valence-electron chi connectivity index (χ3n) is 5.25. The third-order valence-corrected chi connectivity index (χ3v) is 5.25. The normalized spacial score (nSPS) is 18.3. The van der Waals surface area contributed by atoms with E-state index in [0.29, 0.717) is 12.1 Å². The summed E-state index contributed by atoms with van der Waals surface area (Å²) in [6, 6.07) is 12.1. The first-order valence-electron chi connectivity index (χ1n) is 9.44. The molecule has 3 rings (SSSR count). The molecule has 0 aliphatic carbocycles. The Morgan fingerprint density at radius 2 is 1.80 bits per heavy atom. The van der Waals surface area contributed by atoms with E-state index in [9.17, 15) is 24.5 Å². The van der Waals surface area contributed by atoms with Crippen molar-refractivity contribution in [1.82, 2.24) is 10.2 Å². The van der Waals surface area contributed by atoms with Crippen molar-refractivity contribution in [2.24, 2.45) is 0 Å². The van der Waals surface area contributed by atoms with Crippen LogP contribution in [0.15, 0.2) is 48.5 Å². The van der Waals surface area contributed by atoms with Crippen molar-refractivity contribution in [3.8, 4) is 0 Å². The molecule has 1 aliphatic heterocycles. The molecule has 1 saturated heterocycles. The lowest BCUT2D eigenvalue weighted by Crippen LogP contribution is -2.44. The number of rotatable bonds is 6. The number of nitro groups is 1. The van der Waals surface area contributed by atoms with E-state index < -0.39 is 28.9 Å². The van der Waals surface area contributed by atoms with E-state index in [0.717, 1.165) is 16.2 Å². The molecular formula is C21H22N4O5. The van der Waals surface area contributed by atoms with Crippen LogP contribution in [0.1, 0.15) is 25.0 Å². The van der Waals surface area contributed by atoms with Gasteiger partial charge in [0, 0.05) is 24.4 Å². The molecule has 1 fully saturated rings. The summed E-state index contributed by atoms with van der Waals surface area (Å²) in [7, 11) is 0. The largest absolute Gasteiger partial charge is 0.325 e. The predicted octanol–water partition coefficient (Wildman–Crippen LogP) is 2.72. The maximum absolute atomic E-state index is 13.0. The Labute approximate surface area is 173 Å². The molecule has 0 spiro atoms. The van der Waals surface area contributed by atoms with Crippen molar-refractivity contribution in [1.29, 1.82) is 0 Å². The van der Waals surface area contributed by atoms with E-state index >= 15 is 0 Å². The van der Waals surface area contributed by atoms with Crippen molar-refractivity contribution in [2.45, 2.75) is 26.3 Å². The van der Waals surface area contributed by atoms with Crippen molar-refractivity contribution in [3.63, 3.8) is 0 Å². The van der Waals surface area contributed by atoms with Gasteiger partial charge in [-0.2, -0.15) is 0 Å². The van der Waals surface area contributed by atoms with Gasteiger partial charge in [-0.15, -0.1) is 0 Å². The number of para-hydroxylation sites is 1. The van der Waals surface area contributed by atoms with Crippen LogP contribution in [0.4, 0.5) is 16.2 Å². The van der Waals surface area contributed by atoms with Crippen molar-refractivity contribution in [2.75, 3.05) is 18.0 Å². The number of aryl methyl sites for hydroxylation is 1. The molecule has 0 bridgehead atoms. The molecule has 9 nitrogen and oxygen atoms in total. The number of carbonyl (C=O) groups is 3. The molecular weight excluding hydrogens is 388 g/mol. The number of amides is 4. The Morgan fingerprint density at radius 1 is 1.17 bits per heavy atom. The van der Waals surface area contributed by atoms with Crippen LogP contribution in [-0.4, -0.2) is 40.8 Å². The summed E-state index contributed by atoms with van der Waals surface area (Å²) in [6.07, 6.45) is 0. The van der Waals surface area contributed by atoms with Gasteiger partial charge in [0.15, 0.2) is 0 Å². The summed E-state index contributed by atoms with van der Waals surface area (Å²) >= 11 is 0. The van der Waals surface area contributed by atoms with E-state index in [1.165, 1.54) is 36.1 Å². The smallest absolute Gasteiger partial charge is 0.319 e. The molecule has 1 unspecified atom stereocenters. The van der Waals surface area contributed by atoms with Crippen LogP contribution in [-0.2, 0) is 15.1 Å². The van der Waals surface area contributed by atoms with Crippen LogP contribution in [0.25, 0.3) is 0 Å². The van der Waals surface area contributed by atoms with Crippen LogP contribution in [0.2, 0.25) is 0 Å². The monoisotopic (exact) mass is 410 g/mol. The first kappa shape index (κ1) is 21.0. The number of hydrogen-bond donors (Lipinski definition) is 1. The van der Waals surface area contributed by atoms with Gasteiger partial charge in [0.25, 0.3) is 11.6 Å². The Bertz CT molecular complexity index is 1020. The molecule has 1 N–H and O–H groups in total. The molecule has 0 radical (unpaired) electrons. The highest BCUT2D eigenvalue weighted by atomic mass is 16.6. The van der Waals surface area contributed by atoms with Gasteiger partial charge in [-0.25, -0.2) is 4.79 Å². The molecule has 2 aromatic carbocycles. The summed E-state index contributed by atoms with van der Waals surface area (Å²) in [4.78, 5) is 51.2. The number of likely N-dealkylation sites (N-methyl/N-ethyl adjacent to an activating group) is 1. The number of benzene rings is 2. The molecule has 1 atom stereocenters. The predicted molar refractivity (Wildman–Crippen MR) is 110 cm³/mol. The Balaban J connectivity index is 1.83. The zero-order valence-electron chi connectivity index (χ0n) is 16.9. The minimum absolute atomic E-state index is 0.122. The number of carbonyl (C=O) groups excluding carboxylic acids is 3. The number of hydrogen-bond acceptors (Lipinski definition) is 5. The SMILES string of the molecule is CCN(C(=O)CN1C(=O)NC(C)(c2ccc([N+](=O)[O-])cc2)C1=O)c1ccccc1C. The number of nitro benzene ring substituents is 1. The Hall–Kier alpha value is -3.75. The summed E-state index contributed by atoms with van der Waals surface area (Å²) in [5.74, 6) is -0.973. The molecule has 0 saturated carbocycles. The maximum Gasteiger partial charge on any atom is 0.325 e. The van der Waals surface area contributed by atoms with Gasteiger partial charge in [0.1, 0.15) is 12.1 Å². The number of anilines is 1. The fourth-order valence-electron chi connectivity index (χ4n) is 3.52. The lowest BCUT2D eigenvalue weighted by atomic mass is 9.92. The average Bonchev–Trinajstić information content (AvgIpc) is 2.94. The lowest BCUT2D eigenvalue weighted by molar-refractivity contribution is -0.384. The number of nitrogens with one attached hydrogen (secondary N) is 1. The van der Waals surface area contributed by atoms with Gasteiger partial charge in [-0.05, 0) is 50.1 Å². The minimum Gasteiger partial charge on any atom is -0.319 e. The zero-order chi connectivity index (χ0) is 22.1. The van der Waals surface area contributed by atoms with Gasteiger partial charge in [0.05, 0.1) is 4.92 Å². The number of urea groups is 1. The Morgan fingerprint density at radius 3 is 2.37 bits per heavy atom. The molecule has 156 valence electrons. The van der Waals surface area contributed by atoms with Crippen LogP contribution in [0.3, 0.4) is 0 Å². The van der Waals surface area contributed by atoms with Crippen molar-refractivity contribution < 1.29 is 19.3 Å². The number of nitrogens with zero attached hydrogens (tertiary/aromatic N) is 3. The van der Waals surface area contributed by atoms with E-state index in [1.807, 2.05) is 38.1 Å². The van der Waals surface area contributed by atoms with E-state index in [4.69, 9.17) is 0 Å². The zero-order valence-corrected chi connectivity index (χ0v) is 16.9. The summed E-state index contributed by atoms with van der Waals surface area (Å²) in [6.45, 7) is 5.18. The van der Waals surface area contributed by atoms with Crippen molar-refractivity contribution in [3.05, 3.63) is 69.8 Å². The first-order valence-corrected chi connectivity index (χ1v) is 9.44. The van der Waals surface area contributed by atoms with Crippen LogP contribution in [0, 0.1) is 17.0 Å². The average molecular weight is 410 g/mol. The highest BCUT2D eigenvalue weighted by molar-refractivity contribution is 6.10. The molecule has 2 aromatic rings. The maximum atomic E-state index is 13.0. The van der Waals surface area contributed by atoms with Crippen LogP contribution < -0.4 is 10.2 Å². The fourth-order valence-corrected chi connectivity index (χ4v) is 3.52. The molecule has 30 heavy (non-hydrogen) atoms. The van der Waals surface area contributed by atoms with Gasteiger partial charge in [-0.3, -0.25) is 24.6 Å². The molecule has 4 amide bonds. The van der Waals surface area contributed by atoms with E-state index in [1.54, 1.807) is 0 Å². The standard InChI is InChI=1S/C21H22N4O5/c1-4-23(17-8-6-5-7-14(17)2)18(26)13-24-19(27)21(3,22-20(24)28)15-9-11-16(12-10-15)25(29)30/h5-12H,4,13H2,1-3H3,(H,22,28). The number of imide groups is 1. The Kier molecular flexibility index (Phi) is 5.55. The van der Waals surface area contributed by atoms with Gasteiger partial charge in [-0.1, -0.05) is 18.2 Å². The van der Waals surface area contributed by atoms with Gasteiger partial charge in [0.2, 0.25) is 5.91 Å². The highest BCUT2D eigenvalue weighted by Gasteiger charge is 2.49. The summed E-state index contributed by atoms with van der Waals surface area (Å²) in [5.41, 5.74) is 0.484. The van der Waals surface area contributed by atoms with Crippen LogP contribution in [0.5, 0.6) is 0 Å². The van der Waals surface area contributed by atoms with E-state index in [2.05, 4.69) is 5.32 Å². The van der Waals surface area contributed by atoms with Crippen LogP contribution >= 0.6 is 0 Å². The summed E-state index contributed by atoms with van der Waals surface area (Å²) in [5, 5.41) is 13.5. The quantitative estimate of drug-likeness (QED) is 0.447. The topological polar surface area (TPSA) is 113 Å². The third kappa shape index (κ3) is 3.61.